The fraction of sp³-hybridized carbons (Fsp3) is 0.909. The molecule has 0 spiro atoms. The Balaban J connectivity index is 3.95. The third-order valence-electron chi connectivity index (χ3n) is 12.7. The molecule has 64 heavy (non-hydrogen) atoms. The van der Waals surface area contributed by atoms with E-state index < -0.39 is 20.0 Å². The van der Waals surface area contributed by atoms with Crippen molar-refractivity contribution in [3.8, 4) is 0 Å². The number of nitrogens with zero attached hydrogens (tertiary/aromatic N) is 1. The van der Waals surface area contributed by atoms with Crippen molar-refractivity contribution in [2.24, 2.45) is 0 Å². The van der Waals surface area contributed by atoms with Gasteiger partial charge in [0.05, 0.1) is 39.9 Å². The molecule has 380 valence electrons. The molecule has 0 saturated heterocycles. The van der Waals surface area contributed by atoms with Crippen molar-refractivity contribution in [1.29, 1.82) is 0 Å². The average Bonchev–Trinajstić information content (AvgIpc) is 3.25. The third-order valence-corrected chi connectivity index (χ3v) is 13.6. The minimum absolute atomic E-state index is 0.000738. The molecule has 0 aromatic rings. The van der Waals surface area contributed by atoms with Gasteiger partial charge in [-0.1, -0.05) is 244 Å². The number of quaternary nitrogens is 1. The summed E-state index contributed by atoms with van der Waals surface area (Å²) in [6, 6.07) is -0.882. The van der Waals surface area contributed by atoms with Gasteiger partial charge >= 0.3 is 0 Å². The summed E-state index contributed by atoms with van der Waals surface area (Å²) >= 11 is 0. The highest BCUT2D eigenvalue weighted by Crippen LogP contribution is 2.38. The van der Waals surface area contributed by atoms with Crippen LogP contribution in [0.25, 0.3) is 0 Å². The molecule has 0 aromatic carbocycles. The minimum atomic E-state index is -4.58. The van der Waals surface area contributed by atoms with Crippen molar-refractivity contribution in [2.75, 3.05) is 40.9 Å². The van der Waals surface area contributed by atoms with Gasteiger partial charge in [-0.25, -0.2) is 0 Å². The summed E-state index contributed by atoms with van der Waals surface area (Å²) in [6.45, 7) is 4.65. The highest BCUT2D eigenvalue weighted by atomic mass is 31.2. The van der Waals surface area contributed by atoms with Crippen LogP contribution in [-0.2, 0) is 18.4 Å². The number of allylic oxidation sites excluding steroid dienone is 3. The Morgan fingerprint density at radius 1 is 0.531 bits per heavy atom. The van der Waals surface area contributed by atoms with Crippen molar-refractivity contribution in [3.63, 3.8) is 0 Å². The Bertz CT molecular complexity index is 1090. The Morgan fingerprint density at radius 2 is 0.859 bits per heavy atom. The number of hydrogen-bond acceptors (Lipinski definition) is 6. The molecule has 0 aromatic heterocycles. The van der Waals surface area contributed by atoms with Crippen LogP contribution >= 0.6 is 7.82 Å². The number of carbonyl (C=O) groups is 1. The molecule has 0 radical (unpaired) electrons. The number of carbonyl (C=O) groups excluding carboxylic acids is 1. The summed E-state index contributed by atoms with van der Waals surface area (Å²) < 4.78 is 23.2. The zero-order chi connectivity index (χ0) is 47.1. The van der Waals surface area contributed by atoms with Gasteiger partial charge in [0.1, 0.15) is 13.2 Å². The van der Waals surface area contributed by atoms with Crippen LogP contribution in [0, 0.1) is 0 Å². The second kappa shape index (κ2) is 47.1. The van der Waals surface area contributed by atoms with E-state index in [1.165, 1.54) is 212 Å². The van der Waals surface area contributed by atoms with Crippen molar-refractivity contribution in [2.45, 2.75) is 283 Å². The summed E-state index contributed by atoms with van der Waals surface area (Å²) in [4.78, 5) is 25.3. The predicted octanol–water partition coefficient (Wildman–Crippen LogP) is 15.8. The molecule has 2 N–H and O–H groups in total. The van der Waals surface area contributed by atoms with Gasteiger partial charge in [-0.2, -0.15) is 0 Å². The first-order chi connectivity index (χ1) is 31.0. The van der Waals surface area contributed by atoms with E-state index in [9.17, 15) is 19.4 Å². The zero-order valence-corrected chi connectivity index (χ0v) is 44.1. The SMILES string of the molecule is CCCCCCCCCC/C=C/C(O)C(COP(=O)([O-])OCC[N+](C)(C)C)NC(=O)CCCCCCCCCCCCCCCCCC/C=C\CCCCCCCCCCCCCC. The topological polar surface area (TPSA) is 108 Å². The number of amides is 1. The van der Waals surface area contributed by atoms with Crippen molar-refractivity contribution in [3.05, 3.63) is 24.3 Å². The fourth-order valence-corrected chi connectivity index (χ4v) is 8.99. The van der Waals surface area contributed by atoms with Crippen LogP contribution in [0.5, 0.6) is 0 Å². The summed E-state index contributed by atoms with van der Waals surface area (Å²) in [5, 5.41) is 13.8. The molecule has 0 aliphatic carbocycles. The second-order valence-corrected chi connectivity index (χ2v) is 21.7. The van der Waals surface area contributed by atoms with Gasteiger partial charge in [0.25, 0.3) is 7.82 Å². The van der Waals surface area contributed by atoms with Gasteiger partial charge in [0, 0.05) is 6.42 Å². The Kier molecular flexibility index (Phi) is 46.3. The molecule has 0 saturated carbocycles. The molecule has 0 bridgehead atoms. The quantitative estimate of drug-likeness (QED) is 0.0272. The molecular formula is C55H109N2O6P. The lowest BCUT2D eigenvalue weighted by atomic mass is 10.0. The first-order valence-electron chi connectivity index (χ1n) is 27.7. The lowest BCUT2D eigenvalue weighted by molar-refractivity contribution is -0.870. The summed E-state index contributed by atoms with van der Waals surface area (Å²) in [5.41, 5.74) is 0. The molecular weight excluding hydrogens is 816 g/mol. The Hall–Kier alpha value is -1.02. The molecule has 0 fully saturated rings. The van der Waals surface area contributed by atoms with Gasteiger partial charge < -0.3 is 28.8 Å². The molecule has 1 amide bonds. The smallest absolute Gasteiger partial charge is 0.268 e. The zero-order valence-electron chi connectivity index (χ0n) is 43.3. The van der Waals surface area contributed by atoms with E-state index in [0.29, 0.717) is 17.4 Å². The molecule has 0 rings (SSSR count). The molecule has 0 aliphatic rings. The molecule has 3 atom stereocenters. The largest absolute Gasteiger partial charge is 0.756 e. The van der Waals surface area contributed by atoms with Crippen molar-refractivity contribution < 1.29 is 32.9 Å². The molecule has 3 unspecified atom stereocenters. The lowest BCUT2D eigenvalue weighted by Gasteiger charge is -2.29. The van der Waals surface area contributed by atoms with E-state index in [1.54, 1.807) is 6.08 Å². The van der Waals surface area contributed by atoms with Crippen LogP contribution in [0.1, 0.15) is 271 Å². The van der Waals surface area contributed by atoms with Gasteiger partial charge in [0.15, 0.2) is 0 Å². The van der Waals surface area contributed by atoms with Crippen LogP contribution in [0.3, 0.4) is 0 Å². The van der Waals surface area contributed by atoms with Gasteiger partial charge in [-0.15, -0.1) is 0 Å². The number of aliphatic hydroxyl groups excluding tert-OH is 1. The van der Waals surface area contributed by atoms with E-state index >= 15 is 0 Å². The van der Waals surface area contributed by atoms with Crippen LogP contribution < -0.4 is 10.2 Å². The lowest BCUT2D eigenvalue weighted by Crippen LogP contribution is -2.45. The van der Waals surface area contributed by atoms with Gasteiger partial charge in [-0.3, -0.25) is 9.36 Å². The van der Waals surface area contributed by atoms with Crippen LogP contribution in [0.15, 0.2) is 24.3 Å². The van der Waals surface area contributed by atoms with E-state index in [4.69, 9.17) is 9.05 Å². The number of phosphoric ester groups is 1. The van der Waals surface area contributed by atoms with E-state index in [-0.39, 0.29) is 19.1 Å². The highest BCUT2D eigenvalue weighted by Gasteiger charge is 2.23. The molecule has 0 heterocycles. The predicted molar refractivity (Wildman–Crippen MR) is 275 cm³/mol. The number of rotatable bonds is 51. The third kappa shape index (κ3) is 48.9. The second-order valence-electron chi connectivity index (χ2n) is 20.3. The Labute approximate surface area is 398 Å². The number of hydrogen-bond donors (Lipinski definition) is 2. The maximum absolute atomic E-state index is 12.9. The standard InChI is InChI=1S/C55H109N2O6P/c1-6-8-10-12-14-16-18-19-20-21-22-23-24-25-26-27-28-29-30-31-32-33-34-35-36-37-38-39-41-43-45-47-49-55(59)56-53(52-63-64(60,61)62-51-50-57(3,4)5)54(58)48-46-44-42-40-17-15-13-11-9-7-2/h25-26,46,48,53-54,58H,6-24,27-45,47,49-52H2,1-5H3,(H-,56,59,60,61)/b26-25-,48-46+. The van der Waals surface area contributed by atoms with E-state index in [0.717, 1.165) is 38.5 Å². The molecule has 8 nitrogen and oxygen atoms in total. The van der Waals surface area contributed by atoms with Crippen molar-refractivity contribution >= 4 is 13.7 Å². The van der Waals surface area contributed by atoms with Crippen molar-refractivity contribution in [1.82, 2.24) is 5.32 Å². The highest BCUT2D eigenvalue weighted by molar-refractivity contribution is 7.45. The van der Waals surface area contributed by atoms with Gasteiger partial charge in [0.2, 0.25) is 5.91 Å². The average molecular weight is 925 g/mol. The molecule has 9 heteroatoms. The minimum Gasteiger partial charge on any atom is -0.756 e. The number of likely N-dealkylation sites (N-methyl/N-ethyl adjacent to an activating group) is 1. The normalized spacial score (nSPS) is 14.2. The monoisotopic (exact) mass is 925 g/mol. The molecule has 0 aliphatic heterocycles. The van der Waals surface area contributed by atoms with Crippen LogP contribution in [-0.4, -0.2) is 68.5 Å². The van der Waals surface area contributed by atoms with E-state index in [1.807, 2.05) is 27.2 Å². The Morgan fingerprint density at radius 3 is 1.22 bits per heavy atom. The van der Waals surface area contributed by atoms with Gasteiger partial charge in [-0.05, 0) is 44.9 Å². The van der Waals surface area contributed by atoms with E-state index in [2.05, 4.69) is 31.3 Å². The number of phosphoric acid groups is 1. The van der Waals surface area contributed by atoms with Crippen LogP contribution in [0.2, 0.25) is 0 Å². The number of nitrogens with one attached hydrogen (secondary N) is 1. The maximum Gasteiger partial charge on any atom is 0.268 e. The summed E-state index contributed by atoms with van der Waals surface area (Å²) in [5.74, 6) is -0.196. The van der Waals surface area contributed by atoms with Crippen LogP contribution in [0.4, 0.5) is 0 Å². The summed E-state index contributed by atoms with van der Waals surface area (Å²) in [7, 11) is 1.27. The number of unbranched alkanes of at least 4 members (excludes halogenated alkanes) is 36. The first kappa shape index (κ1) is 63.0. The number of aliphatic hydroxyl groups is 1. The fourth-order valence-electron chi connectivity index (χ4n) is 8.27. The summed E-state index contributed by atoms with van der Waals surface area (Å²) in [6.07, 6.45) is 58.5. The first-order valence-corrected chi connectivity index (χ1v) is 29.2. The maximum atomic E-state index is 12.9.